The SMILES string of the molecule is Cc1cccc(NC(=O)C23CC4CC(CC(Cl)(C4)C2)C3)c1. The fourth-order valence-electron chi connectivity index (χ4n) is 5.40. The van der Waals surface area contributed by atoms with E-state index in [1.165, 1.54) is 12.0 Å². The number of nitrogens with one attached hydrogen (secondary N) is 1. The van der Waals surface area contributed by atoms with Gasteiger partial charge in [0.1, 0.15) is 0 Å². The van der Waals surface area contributed by atoms with E-state index in [2.05, 4.69) is 5.32 Å². The second-order valence-electron chi connectivity index (χ2n) is 7.72. The van der Waals surface area contributed by atoms with Crippen LogP contribution in [0.3, 0.4) is 0 Å². The highest BCUT2D eigenvalue weighted by Crippen LogP contribution is 2.64. The Balaban J connectivity index is 1.59. The lowest BCUT2D eigenvalue weighted by Gasteiger charge is -2.59. The van der Waals surface area contributed by atoms with Crippen LogP contribution in [0.5, 0.6) is 0 Å². The molecule has 5 rings (SSSR count). The summed E-state index contributed by atoms with van der Waals surface area (Å²) in [4.78, 5) is 12.8. The molecule has 112 valence electrons. The van der Waals surface area contributed by atoms with E-state index in [9.17, 15) is 4.79 Å². The average molecular weight is 304 g/mol. The lowest BCUT2D eigenvalue weighted by Crippen LogP contribution is -2.57. The van der Waals surface area contributed by atoms with E-state index in [0.29, 0.717) is 11.8 Å². The molecule has 0 spiro atoms. The number of hydrogen-bond acceptors (Lipinski definition) is 1. The van der Waals surface area contributed by atoms with Gasteiger partial charge in [-0.25, -0.2) is 0 Å². The molecular weight excluding hydrogens is 282 g/mol. The third kappa shape index (κ3) is 2.28. The lowest BCUT2D eigenvalue weighted by atomic mass is 9.49. The van der Waals surface area contributed by atoms with Crippen LogP contribution in [-0.4, -0.2) is 10.8 Å². The molecule has 0 radical (unpaired) electrons. The van der Waals surface area contributed by atoms with Gasteiger partial charge in [-0.15, -0.1) is 11.6 Å². The highest BCUT2D eigenvalue weighted by Gasteiger charge is 2.60. The number of carbonyl (C=O) groups excluding carboxylic acids is 1. The molecule has 2 unspecified atom stereocenters. The van der Waals surface area contributed by atoms with Gasteiger partial charge < -0.3 is 5.32 Å². The summed E-state index contributed by atoms with van der Waals surface area (Å²) in [5.74, 6) is 1.52. The monoisotopic (exact) mass is 303 g/mol. The number of hydrogen-bond donors (Lipinski definition) is 1. The molecule has 0 heterocycles. The molecule has 4 saturated carbocycles. The van der Waals surface area contributed by atoms with Crippen molar-refractivity contribution in [2.45, 2.75) is 50.3 Å². The zero-order chi connectivity index (χ0) is 14.7. The standard InChI is InChI=1S/C18H22ClNO/c1-12-3-2-4-15(5-12)20-16(21)17-7-13-6-14(8-17)10-18(19,9-13)11-17/h2-5,13-14H,6-11H2,1H3,(H,20,21). The van der Waals surface area contributed by atoms with E-state index >= 15 is 0 Å². The largest absolute Gasteiger partial charge is 0.326 e. The Morgan fingerprint density at radius 2 is 1.95 bits per heavy atom. The second-order valence-corrected chi connectivity index (χ2v) is 8.52. The topological polar surface area (TPSA) is 29.1 Å². The number of carbonyl (C=O) groups is 1. The van der Waals surface area contributed by atoms with Crippen molar-refractivity contribution in [1.29, 1.82) is 0 Å². The van der Waals surface area contributed by atoms with E-state index in [4.69, 9.17) is 11.6 Å². The maximum atomic E-state index is 12.9. The first-order valence-corrected chi connectivity index (χ1v) is 8.41. The van der Waals surface area contributed by atoms with Crippen molar-refractivity contribution >= 4 is 23.2 Å². The molecule has 4 aliphatic rings. The van der Waals surface area contributed by atoms with Gasteiger partial charge in [-0.3, -0.25) is 4.79 Å². The Labute approximate surface area is 131 Å². The Morgan fingerprint density at radius 3 is 2.57 bits per heavy atom. The number of aryl methyl sites for hydroxylation is 1. The molecule has 1 amide bonds. The van der Waals surface area contributed by atoms with Crippen LogP contribution in [0.2, 0.25) is 0 Å². The predicted molar refractivity (Wildman–Crippen MR) is 85.5 cm³/mol. The highest BCUT2D eigenvalue weighted by molar-refractivity contribution is 6.24. The first-order valence-electron chi connectivity index (χ1n) is 8.04. The zero-order valence-electron chi connectivity index (χ0n) is 12.5. The van der Waals surface area contributed by atoms with Gasteiger partial charge in [0.15, 0.2) is 0 Å². The van der Waals surface area contributed by atoms with Gasteiger partial charge in [0, 0.05) is 10.6 Å². The summed E-state index contributed by atoms with van der Waals surface area (Å²) in [6.45, 7) is 2.05. The van der Waals surface area contributed by atoms with Crippen molar-refractivity contribution in [3.63, 3.8) is 0 Å². The molecule has 1 aromatic carbocycles. The van der Waals surface area contributed by atoms with Crippen LogP contribution in [0.25, 0.3) is 0 Å². The van der Waals surface area contributed by atoms with Crippen molar-refractivity contribution in [2.24, 2.45) is 17.3 Å². The van der Waals surface area contributed by atoms with Crippen molar-refractivity contribution in [3.8, 4) is 0 Å². The molecule has 4 aliphatic carbocycles. The van der Waals surface area contributed by atoms with Gasteiger partial charge >= 0.3 is 0 Å². The van der Waals surface area contributed by atoms with Crippen molar-refractivity contribution in [2.75, 3.05) is 5.32 Å². The first-order chi connectivity index (χ1) is 9.96. The number of anilines is 1. The predicted octanol–water partition coefficient (Wildman–Crippen LogP) is 4.51. The fourth-order valence-corrected chi connectivity index (χ4v) is 6.10. The number of rotatable bonds is 2. The minimum Gasteiger partial charge on any atom is -0.326 e. The molecule has 0 aromatic heterocycles. The fraction of sp³-hybridized carbons (Fsp3) is 0.611. The van der Waals surface area contributed by atoms with E-state index in [-0.39, 0.29) is 16.2 Å². The van der Waals surface area contributed by atoms with Gasteiger partial charge in [0.05, 0.1) is 5.41 Å². The third-order valence-electron chi connectivity index (χ3n) is 5.75. The molecule has 4 fully saturated rings. The first kappa shape index (κ1) is 13.6. The summed E-state index contributed by atoms with van der Waals surface area (Å²) in [5, 5.41) is 3.16. The van der Waals surface area contributed by atoms with Crippen LogP contribution in [-0.2, 0) is 4.79 Å². The average Bonchev–Trinajstić information content (AvgIpc) is 2.35. The van der Waals surface area contributed by atoms with Crippen molar-refractivity contribution in [3.05, 3.63) is 29.8 Å². The number of benzene rings is 1. The zero-order valence-corrected chi connectivity index (χ0v) is 13.2. The third-order valence-corrected chi connectivity index (χ3v) is 6.19. The van der Waals surface area contributed by atoms with Crippen LogP contribution in [0.15, 0.2) is 24.3 Å². The second kappa shape index (κ2) is 4.49. The van der Waals surface area contributed by atoms with Gasteiger partial charge in [0.2, 0.25) is 5.91 Å². The number of alkyl halides is 1. The molecule has 2 nitrogen and oxygen atoms in total. The summed E-state index contributed by atoms with van der Waals surface area (Å²) in [6, 6.07) is 8.05. The molecule has 1 aromatic rings. The number of amides is 1. The maximum absolute atomic E-state index is 12.9. The minimum absolute atomic E-state index is 0.103. The quantitative estimate of drug-likeness (QED) is 0.800. The van der Waals surface area contributed by atoms with Gasteiger partial charge in [0.25, 0.3) is 0 Å². The van der Waals surface area contributed by atoms with Crippen LogP contribution in [0, 0.1) is 24.2 Å². The summed E-state index contributed by atoms with van der Waals surface area (Å²) < 4.78 is 0. The normalized spacial score (nSPS) is 40.3. The Hall–Kier alpha value is -1.02. The number of halogens is 1. The Kier molecular flexibility index (Phi) is 2.91. The molecular formula is C18H22ClNO. The van der Waals surface area contributed by atoms with E-state index in [1.807, 2.05) is 31.2 Å². The Bertz CT molecular complexity index is 583. The smallest absolute Gasteiger partial charge is 0.230 e. The van der Waals surface area contributed by atoms with E-state index in [0.717, 1.165) is 37.8 Å². The summed E-state index contributed by atoms with van der Waals surface area (Å²) in [6.07, 6.45) is 6.46. The van der Waals surface area contributed by atoms with Crippen LogP contribution in [0.1, 0.15) is 44.1 Å². The molecule has 4 bridgehead atoms. The molecule has 21 heavy (non-hydrogen) atoms. The molecule has 2 atom stereocenters. The van der Waals surface area contributed by atoms with Crippen molar-refractivity contribution < 1.29 is 4.79 Å². The van der Waals surface area contributed by atoms with Crippen LogP contribution < -0.4 is 5.32 Å². The molecule has 1 N–H and O–H groups in total. The van der Waals surface area contributed by atoms with E-state index < -0.39 is 0 Å². The summed E-state index contributed by atoms with van der Waals surface area (Å²) in [7, 11) is 0. The lowest BCUT2D eigenvalue weighted by molar-refractivity contribution is -0.138. The minimum atomic E-state index is -0.213. The van der Waals surface area contributed by atoms with Crippen LogP contribution in [0.4, 0.5) is 5.69 Å². The molecule has 0 saturated heterocycles. The summed E-state index contributed by atoms with van der Waals surface area (Å²) >= 11 is 6.81. The van der Waals surface area contributed by atoms with Gasteiger partial charge in [-0.2, -0.15) is 0 Å². The van der Waals surface area contributed by atoms with Gasteiger partial charge in [-0.05, 0) is 75.0 Å². The van der Waals surface area contributed by atoms with Gasteiger partial charge in [-0.1, -0.05) is 12.1 Å². The van der Waals surface area contributed by atoms with Crippen molar-refractivity contribution in [1.82, 2.24) is 0 Å². The molecule has 3 heteroatoms. The maximum Gasteiger partial charge on any atom is 0.230 e. The summed E-state index contributed by atoms with van der Waals surface area (Å²) in [5.41, 5.74) is 1.88. The highest BCUT2D eigenvalue weighted by atomic mass is 35.5. The van der Waals surface area contributed by atoms with Crippen LogP contribution >= 0.6 is 11.6 Å². The molecule has 0 aliphatic heterocycles. The van der Waals surface area contributed by atoms with E-state index in [1.54, 1.807) is 0 Å². The Morgan fingerprint density at radius 1 is 1.24 bits per heavy atom.